The smallest absolute Gasteiger partial charge is 0.123 e. The first-order chi connectivity index (χ1) is 10.2. The number of ether oxygens (including phenoxy) is 2. The van der Waals surface area contributed by atoms with Crippen molar-refractivity contribution in [3.63, 3.8) is 0 Å². The molecule has 1 aromatic rings. The fourth-order valence-electron chi connectivity index (χ4n) is 2.71. The Hall–Kier alpha value is -1.10. The molecule has 4 heteroatoms. The largest absolute Gasteiger partial charge is 0.494 e. The predicted molar refractivity (Wildman–Crippen MR) is 85.8 cm³/mol. The molecule has 0 aromatic heterocycles. The third-order valence-corrected chi connectivity index (χ3v) is 3.89. The van der Waals surface area contributed by atoms with E-state index in [1.165, 1.54) is 11.1 Å². The molecule has 0 aliphatic carbocycles. The molecule has 2 rings (SSSR count). The first-order valence-electron chi connectivity index (χ1n) is 8.03. The van der Waals surface area contributed by atoms with E-state index < -0.39 is 0 Å². The molecule has 118 valence electrons. The highest BCUT2D eigenvalue weighted by Crippen LogP contribution is 2.25. The number of hydrogen-bond acceptors (Lipinski definition) is 4. The summed E-state index contributed by atoms with van der Waals surface area (Å²) in [5.74, 6) is 1.01. The Bertz CT molecular complexity index is 431. The summed E-state index contributed by atoms with van der Waals surface area (Å²) in [4.78, 5) is 2.43. The molecule has 1 atom stereocenters. The van der Waals surface area contributed by atoms with Crippen LogP contribution in [0.4, 0.5) is 0 Å². The van der Waals surface area contributed by atoms with Gasteiger partial charge in [0.1, 0.15) is 5.75 Å². The molecule has 1 unspecified atom stereocenters. The van der Waals surface area contributed by atoms with Gasteiger partial charge in [0.15, 0.2) is 0 Å². The third kappa shape index (κ3) is 4.70. The van der Waals surface area contributed by atoms with Crippen molar-refractivity contribution in [2.24, 2.45) is 0 Å². The van der Waals surface area contributed by atoms with Gasteiger partial charge >= 0.3 is 0 Å². The third-order valence-electron chi connectivity index (χ3n) is 3.89. The number of morpholine rings is 1. The summed E-state index contributed by atoms with van der Waals surface area (Å²) in [5, 5.41) is 3.47. The van der Waals surface area contributed by atoms with E-state index in [0.717, 1.165) is 45.1 Å². The second-order valence-electron chi connectivity index (χ2n) is 5.47. The van der Waals surface area contributed by atoms with Crippen molar-refractivity contribution in [1.82, 2.24) is 10.2 Å². The van der Waals surface area contributed by atoms with Gasteiger partial charge < -0.3 is 14.8 Å². The summed E-state index contributed by atoms with van der Waals surface area (Å²) in [6.07, 6.45) is 0. The molecule has 1 fully saturated rings. The molecule has 4 nitrogen and oxygen atoms in total. The maximum atomic E-state index is 5.79. The first kappa shape index (κ1) is 16.3. The van der Waals surface area contributed by atoms with E-state index >= 15 is 0 Å². The summed E-state index contributed by atoms with van der Waals surface area (Å²) in [6.45, 7) is 12.7. The van der Waals surface area contributed by atoms with Gasteiger partial charge in [0.2, 0.25) is 0 Å². The predicted octanol–water partition coefficient (Wildman–Crippen LogP) is 2.59. The average Bonchev–Trinajstić information content (AvgIpc) is 2.50. The topological polar surface area (TPSA) is 33.7 Å². The molecule has 1 aliphatic heterocycles. The lowest BCUT2D eigenvalue weighted by molar-refractivity contribution is 0.0338. The van der Waals surface area contributed by atoms with Crippen LogP contribution in [0.3, 0.4) is 0 Å². The van der Waals surface area contributed by atoms with Gasteiger partial charge in [-0.3, -0.25) is 4.90 Å². The summed E-state index contributed by atoms with van der Waals surface area (Å²) in [5.41, 5.74) is 2.60. The maximum absolute atomic E-state index is 5.79. The maximum Gasteiger partial charge on any atom is 0.123 e. The molecule has 21 heavy (non-hydrogen) atoms. The van der Waals surface area contributed by atoms with Crippen molar-refractivity contribution in [1.29, 1.82) is 0 Å². The van der Waals surface area contributed by atoms with E-state index in [0.29, 0.717) is 12.6 Å². The van der Waals surface area contributed by atoms with Crippen LogP contribution in [0.5, 0.6) is 5.75 Å². The number of nitrogens with one attached hydrogen (secondary N) is 1. The van der Waals surface area contributed by atoms with Gasteiger partial charge in [-0.1, -0.05) is 13.0 Å². The van der Waals surface area contributed by atoms with Gasteiger partial charge in [-0.2, -0.15) is 0 Å². The van der Waals surface area contributed by atoms with Crippen LogP contribution in [0.25, 0.3) is 0 Å². The highest BCUT2D eigenvalue weighted by Gasteiger charge is 2.15. The van der Waals surface area contributed by atoms with Gasteiger partial charge in [-0.05, 0) is 38.1 Å². The van der Waals surface area contributed by atoms with Gasteiger partial charge in [0, 0.05) is 31.2 Å². The van der Waals surface area contributed by atoms with Crippen LogP contribution in [0.15, 0.2) is 18.2 Å². The molecule has 1 aromatic carbocycles. The minimum Gasteiger partial charge on any atom is -0.494 e. The van der Waals surface area contributed by atoms with E-state index in [1.54, 1.807) is 0 Å². The van der Waals surface area contributed by atoms with Gasteiger partial charge in [0.05, 0.1) is 19.8 Å². The van der Waals surface area contributed by atoms with Crippen LogP contribution in [0.1, 0.15) is 37.9 Å². The molecule has 1 aliphatic rings. The Morgan fingerprint density at radius 2 is 2.05 bits per heavy atom. The van der Waals surface area contributed by atoms with E-state index in [4.69, 9.17) is 9.47 Å². The van der Waals surface area contributed by atoms with Gasteiger partial charge in [-0.15, -0.1) is 0 Å². The minimum absolute atomic E-state index is 0.370. The molecular formula is C17H28N2O2. The Morgan fingerprint density at radius 1 is 1.29 bits per heavy atom. The number of benzene rings is 1. The molecule has 1 heterocycles. The number of hydrogen-bond donors (Lipinski definition) is 1. The zero-order chi connectivity index (χ0) is 15.1. The summed E-state index contributed by atoms with van der Waals surface area (Å²) in [7, 11) is 0. The van der Waals surface area contributed by atoms with Crippen molar-refractivity contribution >= 4 is 0 Å². The van der Waals surface area contributed by atoms with Crippen molar-refractivity contribution in [3.8, 4) is 5.75 Å². The molecular weight excluding hydrogens is 264 g/mol. The zero-order valence-corrected chi connectivity index (χ0v) is 13.5. The van der Waals surface area contributed by atoms with E-state index in [2.05, 4.69) is 42.3 Å². The number of rotatable bonds is 7. The molecule has 0 bridgehead atoms. The Balaban J connectivity index is 2.15. The van der Waals surface area contributed by atoms with Crippen molar-refractivity contribution in [2.45, 2.75) is 33.4 Å². The molecule has 0 amide bonds. The Morgan fingerprint density at radius 3 is 2.71 bits per heavy atom. The second-order valence-corrected chi connectivity index (χ2v) is 5.47. The van der Waals surface area contributed by atoms with Crippen LogP contribution in [0.2, 0.25) is 0 Å². The minimum atomic E-state index is 0.370. The summed E-state index contributed by atoms with van der Waals surface area (Å²) >= 11 is 0. The van der Waals surface area contributed by atoms with Crippen LogP contribution in [-0.2, 0) is 11.3 Å². The SMILES string of the molecule is CCNC(C)c1ccc(OCC)c(CN2CCOCC2)c1. The van der Waals surface area contributed by atoms with Crippen LogP contribution in [0, 0.1) is 0 Å². The highest BCUT2D eigenvalue weighted by atomic mass is 16.5. The Labute approximate surface area is 128 Å². The fourth-order valence-corrected chi connectivity index (χ4v) is 2.71. The lowest BCUT2D eigenvalue weighted by Crippen LogP contribution is -2.35. The average molecular weight is 292 g/mol. The van der Waals surface area contributed by atoms with Crippen molar-refractivity contribution in [3.05, 3.63) is 29.3 Å². The van der Waals surface area contributed by atoms with Gasteiger partial charge in [0.25, 0.3) is 0 Å². The van der Waals surface area contributed by atoms with E-state index in [1.807, 2.05) is 6.92 Å². The van der Waals surface area contributed by atoms with Crippen molar-refractivity contribution < 1.29 is 9.47 Å². The van der Waals surface area contributed by atoms with Crippen LogP contribution in [-0.4, -0.2) is 44.4 Å². The molecule has 1 saturated heterocycles. The second kappa shape index (κ2) is 8.37. The highest BCUT2D eigenvalue weighted by molar-refractivity contribution is 5.38. The molecule has 0 saturated carbocycles. The monoisotopic (exact) mass is 292 g/mol. The molecule has 1 N–H and O–H groups in total. The van der Waals surface area contributed by atoms with Crippen molar-refractivity contribution in [2.75, 3.05) is 39.5 Å². The quantitative estimate of drug-likeness (QED) is 0.837. The van der Waals surface area contributed by atoms with E-state index in [9.17, 15) is 0 Å². The standard InChI is InChI=1S/C17H28N2O2/c1-4-18-14(3)15-6-7-17(21-5-2)16(12-15)13-19-8-10-20-11-9-19/h6-7,12,14,18H,4-5,8-11,13H2,1-3H3. The van der Waals surface area contributed by atoms with Crippen LogP contribution >= 0.6 is 0 Å². The lowest BCUT2D eigenvalue weighted by atomic mass is 10.0. The molecule has 0 spiro atoms. The Kier molecular flexibility index (Phi) is 6.49. The van der Waals surface area contributed by atoms with E-state index in [-0.39, 0.29) is 0 Å². The van der Waals surface area contributed by atoms with Gasteiger partial charge in [-0.25, -0.2) is 0 Å². The summed E-state index contributed by atoms with van der Waals surface area (Å²) < 4.78 is 11.2. The molecule has 0 radical (unpaired) electrons. The first-order valence-corrected chi connectivity index (χ1v) is 8.03. The summed E-state index contributed by atoms with van der Waals surface area (Å²) in [6, 6.07) is 6.94. The zero-order valence-electron chi connectivity index (χ0n) is 13.5. The number of nitrogens with zero attached hydrogens (tertiary/aromatic N) is 1. The van der Waals surface area contributed by atoms with Crippen LogP contribution < -0.4 is 10.1 Å². The normalized spacial score (nSPS) is 17.7. The fraction of sp³-hybridized carbons (Fsp3) is 0.647. The lowest BCUT2D eigenvalue weighted by Gasteiger charge is -2.27.